The van der Waals surface area contributed by atoms with Crippen molar-refractivity contribution in [1.29, 1.82) is 0 Å². The van der Waals surface area contributed by atoms with E-state index >= 15 is 0 Å². The van der Waals surface area contributed by atoms with Gasteiger partial charge < -0.3 is 15.0 Å². The lowest BCUT2D eigenvalue weighted by Gasteiger charge is -2.31. The molecule has 0 saturated heterocycles. The number of nitrogens with zero attached hydrogens (tertiary/aromatic N) is 1. The Morgan fingerprint density at radius 2 is 1.84 bits per heavy atom. The Morgan fingerprint density at radius 3 is 2.55 bits per heavy atom. The van der Waals surface area contributed by atoms with Crippen LogP contribution in [0.25, 0.3) is 0 Å². The molecule has 0 aromatic heterocycles. The van der Waals surface area contributed by atoms with Crippen molar-refractivity contribution in [2.24, 2.45) is 0 Å². The Kier molecular flexibility index (Phi) is 8.83. The highest BCUT2D eigenvalue weighted by Gasteiger charge is 2.28. The fourth-order valence-electron chi connectivity index (χ4n) is 3.86. The van der Waals surface area contributed by atoms with Gasteiger partial charge in [0.15, 0.2) is 0 Å². The Hall–Kier alpha value is -2.47. The van der Waals surface area contributed by atoms with Crippen LogP contribution in [-0.4, -0.2) is 41.7 Å². The summed E-state index contributed by atoms with van der Waals surface area (Å²) in [6.07, 6.45) is 5.58. The van der Waals surface area contributed by atoms with Crippen molar-refractivity contribution in [2.75, 3.05) is 12.9 Å². The highest BCUT2D eigenvalue weighted by molar-refractivity contribution is 8.00. The molecule has 0 unspecified atom stereocenters. The largest absolute Gasteiger partial charge is 0.497 e. The maximum Gasteiger partial charge on any atom is 0.242 e. The third-order valence-electron chi connectivity index (χ3n) is 5.71. The van der Waals surface area contributed by atoms with Gasteiger partial charge in [-0.2, -0.15) is 0 Å². The molecule has 1 atom stereocenters. The monoisotopic (exact) mass is 440 g/mol. The number of thioether (sulfide) groups is 1. The lowest BCUT2D eigenvalue weighted by atomic mass is 9.95. The SMILES string of the molecule is COc1cccc(CN(C(=O)CSc2ccccc2)[C@@H](C)C(=O)NC2CCCCC2)c1. The second-order valence-corrected chi connectivity index (χ2v) is 9.04. The summed E-state index contributed by atoms with van der Waals surface area (Å²) in [5.41, 5.74) is 0.940. The van der Waals surface area contributed by atoms with Gasteiger partial charge in [0.25, 0.3) is 0 Å². The van der Waals surface area contributed by atoms with Crippen LogP contribution in [0.15, 0.2) is 59.5 Å². The van der Waals surface area contributed by atoms with E-state index in [9.17, 15) is 9.59 Å². The van der Waals surface area contributed by atoms with Crippen molar-refractivity contribution in [1.82, 2.24) is 10.2 Å². The van der Waals surface area contributed by atoms with Crippen LogP contribution in [0.1, 0.15) is 44.6 Å². The lowest BCUT2D eigenvalue weighted by molar-refractivity contribution is -0.139. The number of hydrogen-bond donors (Lipinski definition) is 1. The van der Waals surface area contributed by atoms with Crippen molar-refractivity contribution >= 4 is 23.6 Å². The Balaban J connectivity index is 1.71. The standard InChI is InChI=1S/C25H32N2O3S/c1-19(25(29)26-21-11-5-3-6-12-21)27(17-20-10-9-13-22(16-20)30-2)24(28)18-31-23-14-7-4-8-15-23/h4,7-10,13-16,19,21H,3,5-6,11-12,17-18H2,1-2H3,(H,26,29)/t19-/m0/s1. The summed E-state index contributed by atoms with van der Waals surface area (Å²) in [7, 11) is 1.62. The molecule has 6 heteroatoms. The molecule has 1 aliphatic carbocycles. The third kappa shape index (κ3) is 7.03. The first kappa shape index (κ1) is 23.2. The number of carbonyl (C=O) groups excluding carboxylic acids is 2. The zero-order valence-electron chi connectivity index (χ0n) is 18.4. The number of ether oxygens (including phenoxy) is 1. The van der Waals surface area contributed by atoms with E-state index in [1.54, 1.807) is 12.0 Å². The molecule has 0 radical (unpaired) electrons. The summed E-state index contributed by atoms with van der Waals surface area (Å²) in [6.45, 7) is 2.19. The third-order valence-corrected chi connectivity index (χ3v) is 6.71. The van der Waals surface area contributed by atoms with Crippen LogP contribution < -0.4 is 10.1 Å². The maximum atomic E-state index is 13.2. The molecule has 1 saturated carbocycles. The fraction of sp³-hybridized carbons (Fsp3) is 0.440. The van der Waals surface area contributed by atoms with E-state index in [0.29, 0.717) is 6.54 Å². The number of rotatable bonds is 9. The Morgan fingerprint density at radius 1 is 1.10 bits per heavy atom. The fourth-order valence-corrected chi connectivity index (χ4v) is 4.67. The quantitative estimate of drug-likeness (QED) is 0.577. The van der Waals surface area contributed by atoms with Crippen LogP contribution in [0.4, 0.5) is 0 Å². The smallest absolute Gasteiger partial charge is 0.242 e. The summed E-state index contributed by atoms with van der Waals surface area (Å²) < 4.78 is 5.32. The second-order valence-electron chi connectivity index (χ2n) is 7.99. The summed E-state index contributed by atoms with van der Waals surface area (Å²) in [6, 6.07) is 17.2. The molecule has 1 fully saturated rings. The van der Waals surface area contributed by atoms with E-state index in [-0.39, 0.29) is 23.6 Å². The Bertz CT molecular complexity index is 853. The van der Waals surface area contributed by atoms with Gasteiger partial charge in [0.2, 0.25) is 11.8 Å². The molecule has 2 amide bonds. The molecule has 5 nitrogen and oxygen atoms in total. The molecule has 0 spiro atoms. The Labute approximate surface area is 189 Å². The van der Waals surface area contributed by atoms with Gasteiger partial charge in [-0.1, -0.05) is 49.6 Å². The van der Waals surface area contributed by atoms with Crippen LogP contribution in [-0.2, 0) is 16.1 Å². The molecule has 2 aromatic carbocycles. The predicted octanol–water partition coefficient (Wildman–Crippen LogP) is 4.65. The molecule has 2 aromatic rings. The van der Waals surface area contributed by atoms with Crippen LogP contribution in [0, 0.1) is 0 Å². The van der Waals surface area contributed by atoms with E-state index < -0.39 is 6.04 Å². The van der Waals surface area contributed by atoms with Crippen LogP contribution >= 0.6 is 11.8 Å². The summed E-state index contributed by atoms with van der Waals surface area (Å²) >= 11 is 1.49. The molecular formula is C25H32N2O3S. The number of hydrogen-bond acceptors (Lipinski definition) is 4. The van der Waals surface area contributed by atoms with Gasteiger partial charge in [-0.25, -0.2) is 0 Å². The number of carbonyl (C=O) groups is 2. The second kappa shape index (κ2) is 11.8. The molecular weight excluding hydrogens is 408 g/mol. The van der Waals surface area contributed by atoms with Gasteiger partial charge in [0, 0.05) is 17.5 Å². The molecule has 3 rings (SSSR count). The summed E-state index contributed by atoms with van der Waals surface area (Å²) in [5, 5.41) is 3.17. The van der Waals surface area contributed by atoms with E-state index in [2.05, 4.69) is 5.32 Å². The number of benzene rings is 2. The van der Waals surface area contributed by atoms with Gasteiger partial charge in [0.1, 0.15) is 11.8 Å². The van der Waals surface area contributed by atoms with Crippen LogP contribution in [0.2, 0.25) is 0 Å². The van der Waals surface area contributed by atoms with Crippen molar-refractivity contribution in [2.45, 2.75) is 62.6 Å². The van der Waals surface area contributed by atoms with Crippen molar-refractivity contribution in [3.8, 4) is 5.75 Å². The molecule has 1 aliphatic rings. The zero-order chi connectivity index (χ0) is 22.1. The first-order valence-electron chi connectivity index (χ1n) is 11.0. The van der Waals surface area contributed by atoms with Crippen LogP contribution in [0.5, 0.6) is 5.75 Å². The molecule has 166 valence electrons. The van der Waals surface area contributed by atoms with E-state index in [0.717, 1.165) is 41.9 Å². The highest BCUT2D eigenvalue weighted by Crippen LogP contribution is 2.22. The first-order chi connectivity index (χ1) is 15.1. The van der Waals surface area contributed by atoms with E-state index in [4.69, 9.17) is 4.74 Å². The minimum atomic E-state index is -0.544. The topological polar surface area (TPSA) is 58.6 Å². The average molecular weight is 441 g/mol. The number of amides is 2. The van der Waals surface area contributed by atoms with Crippen molar-refractivity contribution in [3.05, 3.63) is 60.2 Å². The van der Waals surface area contributed by atoms with Crippen LogP contribution in [0.3, 0.4) is 0 Å². The molecule has 0 heterocycles. The van der Waals surface area contributed by atoms with Crippen molar-refractivity contribution < 1.29 is 14.3 Å². The van der Waals surface area contributed by atoms with Gasteiger partial charge >= 0.3 is 0 Å². The first-order valence-corrected chi connectivity index (χ1v) is 12.0. The molecule has 0 aliphatic heterocycles. The summed E-state index contributed by atoms with van der Waals surface area (Å²) in [4.78, 5) is 28.9. The molecule has 31 heavy (non-hydrogen) atoms. The summed E-state index contributed by atoms with van der Waals surface area (Å²) in [5.74, 6) is 0.897. The maximum absolute atomic E-state index is 13.2. The minimum absolute atomic E-state index is 0.0528. The molecule has 0 bridgehead atoms. The number of methoxy groups -OCH3 is 1. The minimum Gasteiger partial charge on any atom is -0.497 e. The number of nitrogens with one attached hydrogen (secondary N) is 1. The van der Waals surface area contributed by atoms with E-state index in [1.165, 1.54) is 18.2 Å². The highest BCUT2D eigenvalue weighted by atomic mass is 32.2. The van der Waals surface area contributed by atoms with Crippen molar-refractivity contribution in [3.63, 3.8) is 0 Å². The van der Waals surface area contributed by atoms with Gasteiger partial charge in [-0.15, -0.1) is 11.8 Å². The molecule has 1 N–H and O–H groups in total. The van der Waals surface area contributed by atoms with Gasteiger partial charge in [-0.05, 0) is 49.6 Å². The van der Waals surface area contributed by atoms with E-state index in [1.807, 2.05) is 61.5 Å². The normalized spacial score (nSPS) is 15.2. The van der Waals surface area contributed by atoms with Gasteiger partial charge in [0.05, 0.1) is 12.9 Å². The predicted molar refractivity (Wildman–Crippen MR) is 125 cm³/mol. The zero-order valence-corrected chi connectivity index (χ0v) is 19.2. The van der Waals surface area contributed by atoms with Gasteiger partial charge in [-0.3, -0.25) is 9.59 Å². The average Bonchev–Trinajstić information content (AvgIpc) is 2.82. The lowest BCUT2D eigenvalue weighted by Crippen LogP contribution is -2.50.